The van der Waals surface area contributed by atoms with Crippen LogP contribution in [0.2, 0.25) is 0 Å². The smallest absolute Gasteiger partial charge is 0.251 e. The lowest BCUT2D eigenvalue weighted by Gasteiger charge is -2.14. The second-order valence-corrected chi connectivity index (χ2v) is 4.46. The SMILES string of the molecule is CCC(CC)NC(=O)c1ccc(C#CCCO)c(F)c1. The van der Waals surface area contributed by atoms with Crippen LogP contribution in [0.4, 0.5) is 4.39 Å². The number of hydrogen-bond acceptors (Lipinski definition) is 2. The van der Waals surface area contributed by atoms with Crippen molar-refractivity contribution in [1.82, 2.24) is 5.32 Å². The van der Waals surface area contributed by atoms with Gasteiger partial charge in [-0.1, -0.05) is 25.7 Å². The van der Waals surface area contributed by atoms with Crippen molar-refractivity contribution < 1.29 is 14.3 Å². The lowest BCUT2D eigenvalue weighted by molar-refractivity contribution is 0.0934. The molecular formula is C16H20FNO2. The van der Waals surface area contributed by atoms with Gasteiger partial charge < -0.3 is 10.4 Å². The minimum atomic E-state index is -0.521. The molecule has 1 rings (SSSR count). The van der Waals surface area contributed by atoms with Crippen LogP contribution in [0.1, 0.15) is 49.0 Å². The van der Waals surface area contributed by atoms with E-state index >= 15 is 0 Å². The van der Waals surface area contributed by atoms with Gasteiger partial charge in [-0.2, -0.15) is 0 Å². The van der Waals surface area contributed by atoms with Crippen molar-refractivity contribution in [3.8, 4) is 11.8 Å². The molecule has 0 heterocycles. The van der Waals surface area contributed by atoms with Crippen molar-refractivity contribution in [3.05, 3.63) is 35.1 Å². The van der Waals surface area contributed by atoms with E-state index in [2.05, 4.69) is 17.2 Å². The Morgan fingerprint density at radius 3 is 2.65 bits per heavy atom. The van der Waals surface area contributed by atoms with Crippen molar-refractivity contribution in [1.29, 1.82) is 0 Å². The number of hydrogen-bond donors (Lipinski definition) is 2. The second-order valence-electron chi connectivity index (χ2n) is 4.46. The third-order valence-electron chi connectivity index (χ3n) is 3.01. The molecule has 1 aromatic carbocycles. The van der Waals surface area contributed by atoms with Gasteiger partial charge in [0.15, 0.2) is 0 Å². The van der Waals surface area contributed by atoms with E-state index in [0.717, 1.165) is 12.8 Å². The number of carbonyl (C=O) groups is 1. The van der Waals surface area contributed by atoms with E-state index in [1.54, 1.807) is 6.07 Å². The fourth-order valence-electron chi connectivity index (χ4n) is 1.73. The molecule has 108 valence electrons. The van der Waals surface area contributed by atoms with E-state index < -0.39 is 5.82 Å². The first kappa shape index (κ1) is 16.2. The minimum Gasteiger partial charge on any atom is -0.395 e. The minimum absolute atomic E-state index is 0.0511. The molecule has 0 aliphatic carbocycles. The highest BCUT2D eigenvalue weighted by Crippen LogP contribution is 2.10. The van der Waals surface area contributed by atoms with Gasteiger partial charge >= 0.3 is 0 Å². The molecule has 0 aliphatic rings. The van der Waals surface area contributed by atoms with Gasteiger partial charge in [0.05, 0.1) is 12.2 Å². The van der Waals surface area contributed by atoms with Crippen LogP contribution in [0.5, 0.6) is 0 Å². The van der Waals surface area contributed by atoms with Gasteiger partial charge in [0.25, 0.3) is 5.91 Å². The number of carbonyl (C=O) groups excluding carboxylic acids is 1. The van der Waals surface area contributed by atoms with Crippen molar-refractivity contribution in [2.45, 2.75) is 39.2 Å². The number of nitrogens with one attached hydrogen (secondary N) is 1. The van der Waals surface area contributed by atoms with Crippen LogP contribution in [0.25, 0.3) is 0 Å². The Morgan fingerprint density at radius 2 is 2.10 bits per heavy atom. The van der Waals surface area contributed by atoms with Gasteiger partial charge in [-0.3, -0.25) is 4.79 Å². The number of benzene rings is 1. The zero-order valence-electron chi connectivity index (χ0n) is 11.9. The fraction of sp³-hybridized carbons (Fsp3) is 0.438. The van der Waals surface area contributed by atoms with Crippen LogP contribution in [0.3, 0.4) is 0 Å². The Balaban J connectivity index is 2.82. The maximum absolute atomic E-state index is 13.8. The van der Waals surface area contributed by atoms with E-state index in [0.29, 0.717) is 12.0 Å². The topological polar surface area (TPSA) is 49.3 Å². The summed E-state index contributed by atoms with van der Waals surface area (Å²) < 4.78 is 13.8. The quantitative estimate of drug-likeness (QED) is 0.812. The number of rotatable bonds is 5. The van der Waals surface area contributed by atoms with E-state index in [-0.39, 0.29) is 24.1 Å². The first-order chi connectivity index (χ1) is 9.62. The van der Waals surface area contributed by atoms with Gasteiger partial charge in [0.2, 0.25) is 0 Å². The lowest BCUT2D eigenvalue weighted by Crippen LogP contribution is -2.33. The predicted octanol–water partition coefficient (Wildman–Crippen LogP) is 2.48. The van der Waals surface area contributed by atoms with E-state index in [1.807, 2.05) is 13.8 Å². The van der Waals surface area contributed by atoms with E-state index in [9.17, 15) is 9.18 Å². The number of aliphatic hydroxyl groups is 1. The average Bonchev–Trinajstić information content (AvgIpc) is 2.46. The molecule has 0 spiro atoms. The molecule has 20 heavy (non-hydrogen) atoms. The molecule has 0 bridgehead atoms. The summed E-state index contributed by atoms with van der Waals surface area (Å²) in [5.74, 6) is 4.49. The van der Waals surface area contributed by atoms with Gasteiger partial charge in [-0.05, 0) is 31.0 Å². The molecule has 2 N–H and O–H groups in total. The normalized spacial score (nSPS) is 10.1. The monoisotopic (exact) mass is 277 g/mol. The van der Waals surface area contributed by atoms with E-state index in [4.69, 9.17) is 5.11 Å². The number of amides is 1. The summed E-state index contributed by atoms with van der Waals surface area (Å²) in [4.78, 5) is 11.9. The lowest BCUT2D eigenvalue weighted by atomic mass is 10.1. The molecule has 1 amide bonds. The summed E-state index contributed by atoms with van der Waals surface area (Å²) in [5, 5.41) is 11.5. The molecule has 1 aromatic rings. The fourth-order valence-corrected chi connectivity index (χ4v) is 1.73. The Labute approximate surface area is 119 Å². The summed E-state index contributed by atoms with van der Waals surface area (Å²) >= 11 is 0. The Hall–Kier alpha value is -1.86. The van der Waals surface area contributed by atoms with Crippen LogP contribution in [-0.4, -0.2) is 23.7 Å². The van der Waals surface area contributed by atoms with Crippen molar-refractivity contribution in [2.24, 2.45) is 0 Å². The summed E-state index contributed by atoms with van der Waals surface area (Å²) in [6, 6.07) is 4.35. The first-order valence-corrected chi connectivity index (χ1v) is 6.82. The van der Waals surface area contributed by atoms with Crippen LogP contribution < -0.4 is 5.32 Å². The molecule has 0 saturated carbocycles. The number of aliphatic hydroxyl groups excluding tert-OH is 1. The molecular weight excluding hydrogens is 257 g/mol. The standard InChI is InChI=1S/C16H20FNO2/c1-3-14(4-2)18-16(20)13-9-8-12(15(17)11-13)7-5-6-10-19/h8-9,11,14,19H,3-4,6,10H2,1-2H3,(H,18,20). The van der Waals surface area contributed by atoms with Crippen LogP contribution in [0.15, 0.2) is 18.2 Å². The molecule has 0 unspecified atom stereocenters. The summed E-state index contributed by atoms with van der Waals surface area (Å²) in [7, 11) is 0. The summed E-state index contributed by atoms with van der Waals surface area (Å²) in [5.41, 5.74) is 0.527. The Bertz CT molecular complexity index is 513. The van der Waals surface area contributed by atoms with Gasteiger partial charge in [-0.15, -0.1) is 0 Å². The maximum atomic E-state index is 13.8. The molecule has 0 fully saturated rings. The third kappa shape index (κ3) is 4.67. The molecule has 3 nitrogen and oxygen atoms in total. The van der Waals surface area contributed by atoms with Gasteiger partial charge in [-0.25, -0.2) is 4.39 Å². The summed E-state index contributed by atoms with van der Waals surface area (Å²) in [6.07, 6.45) is 1.99. The highest BCUT2D eigenvalue weighted by molar-refractivity contribution is 5.94. The molecule has 0 saturated heterocycles. The van der Waals surface area contributed by atoms with Crippen LogP contribution >= 0.6 is 0 Å². The largest absolute Gasteiger partial charge is 0.395 e. The Morgan fingerprint density at radius 1 is 1.40 bits per heavy atom. The van der Waals surface area contributed by atoms with E-state index in [1.165, 1.54) is 12.1 Å². The highest BCUT2D eigenvalue weighted by atomic mass is 19.1. The molecule has 4 heteroatoms. The van der Waals surface area contributed by atoms with Crippen molar-refractivity contribution >= 4 is 5.91 Å². The first-order valence-electron chi connectivity index (χ1n) is 6.82. The highest BCUT2D eigenvalue weighted by Gasteiger charge is 2.12. The molecule has 0 aromatic heterocycles. The predicted molar refractivity (Wildman–Crippen MR) is 76.8 cm³/mol. The second kappa shape index (κ2) is 8.34. The molecule has 0 radical (unpaired) electrons. The zero-order valence-corrected chi connectivity index (χ0v) is 11.9. The maximum Gasteiger partial charge on any atom is 0.251 e. The number of halogens is 1. The molecule has 0 aliphatic heterocycles. The Kier molecular flexibility index (Phi) is 6.75. The van der Waals surface area contributed by atoms with Gasteiger partial charge in [0.1, 0.15) is 5.82 Å². The van der Waals surface area contributed by atoms with Gasteiger partial charge in [0, 0.05) is 18.0 Å². The average molecular weight is 277 g/mol. The zero-order chi connectivity index (χ0) is 15.0. The van der Waals surface area contributed by atoms with Crippen LogP contribution in [-0.2, 0) is 0 Å². The van der Waals surface area contributed by atoms with Crippen molar-refractivity contribution in [2.75, 3.05) is 6.61 Å². The van der Waals surface area contributed by atoms with Crippen molar-refractivity contribution in [3.63, 3.8) is 0 Å². The summed E-state index contributed by atoms with van der Waals surface area (Å²) in [6.45, 7) is 3.94. The molecule has 0 atom stereocenters. The third-order valence-corrected chi connectivity index (χ3v) is 3.01. The van der Waals surface area contributed by atoms with Crippen LogP contribution in [0, 0.1) is 17.7 Å².